The number of rotatable bonds is 9. The number of nitrogens with one attached hydrogen (secondary N) is 1. The average Bonchev–Trinajstić information content (AvgIpc) is 3.06. The van der Waals surface area contributed by atoms with Gasteiger partial charge in [-0.15, -0.1) is 0 Å². The third kappa shape index (κ3) is 5.85. The molecule has 1 heterocycles. The minimum atomic E-state index is -3.68. The van der Waals surface area contributed by atoms with E-state index in [4.69, 9.17) is 4.74 Å². The number of nitrogens with zero attached hydrogens (tertiary/aromatic N) is 3. The fourth-order valence-corrected chi connectivity index (χ4v) is 4.57. The van der Waals surface area contributed by atoms with E-state index in [9.17, 15) is 13.2 Å². The summed E-state index contributed by atoms with van der Waals surface area (Å²) in [7, 11) is -3.68. The quantitative estimate of drug-likeness (QED) is 0.372. The Balaban J connectivity index is 1.73. The molecule has 0 aliphatic rings. The van der Waals surface area contributed by atoms with Crippen LogP contribution in [0.4, 0.5) is 5.69 Å². The van der Waals surface area contributed by atoms with E-state index in [1.807, 2.05) is 39.0 Å². The molecular formula is C25H30N4O4S. The standard InChI is InChI=1S/C25H30N4O4S/c1-6-33-23-13-11-22(12-14-23)28(34(5,31)32)17-25(30)27-26-16-21-15-19(3)29(20(21)4)24-10-8-7-9-18(24)2/h7-16H,6,17H2,1-5H3,(H,27,30)/b26-16-. The van der Waals surface area contributed by atoms with Crippen molar-refractivity contribution in [1.29, 1.82) is 0 Å². The minimum Gasteiger partial charge on any atom is -0.494 e. The lowest BCUT2D eigenvalue weighted by Gasteiger charge is -2.21. The number of hydrogen-bond donors (Lipinski definition) is 1. The maximum absolute atomic E-state index is 12.5. The molecule has 0 unspecified atom stereocenters. The Hall–Kier alpha value is -3.59. The smallest absolute Gasteiger partial charge is 0.260 e. The number of sulfonamides is 1. The zero-order chi connectivity index (χ0) is 24.9. The fourth-order valence-electron chi connectivity index (χ4n) is 3.72. The summed E-state index contributed by atoms with van der Waals surface area (Å²) in [6.45, 7) is 8.02. The first-order valence-electron chi connectivity index (χ1n) is 10.9. The second-order valence-corrected chi connectivity index (χ2v) is 9.84. The van der Waals surface area contributed by atoms with Crippen molar-refractivity contribution in [2.45, 2.75) is 27.7 Å². The van der Waals surface area contributed by atoms with Crippen molar-refractivity contribution < 1.29 is 17.9 Å². The highest BCUT2D eigenvalue weighted by atomic mass is 32.2. The Morgan fingerprint density at radius 2 is 1.79 bits per heavy atom. The van der Waals surface area contributed by atoms with Crippen molar-refractivity contribution in [2.75, 3.05) is 23.7 Å². The average molecular weight is 483 g/mol. The molecule has 1 amide bonds. The van der Waals surface area contributed by atoms with Gasteiger partial charge in [-0.2, -0.15) is 5.10 Å². The van der Waals surface area contributed by atoms with Crippen molar-refractivity contribution in [2.24, 2.45) is 5.10 Å². The molecule has 1 aromatic heterocycles. The molecule has 34 heavy (non-hydrogen) atoms. The summed E-state index contributed by atoms with van der Waals surface area (Å²) in [4.78, 5) is 12.5. The summed E-state index contributed by atoms with van der Waals surface area (Å²) in [5.41, 5.74) is 7.91. The number of anilines is 1. The number of aryl methyl sites for hydroxylation is 2. The lowest BCUT2D eigenvalue weighted by atomic mass is 10.2. The summed E-state index contributed by atoms with van der Waals surface area (Å²) in [5.74, 6) is 0.0697. The van der Waals surface area contributed by atoms with E-state index in [2.05, 4.69) is 34.2 Å². The third-order valence-corrected chi connectivity index (χ3v) is 6.48. The van der Waals surface area contributed by atoms with Crippen molar-refractivity contribution >= 4 is 27.8 Å². The fraction of sp³-hybridized carbons (Fsp3) is 0.280. The van der Waals surface area contributed by atoms with Crippen molar-refractivity contribution in [3.63, 3.8) is 0 Å². The van der Waals surface area contributed by atoms with E-state index in [0.29, 0.717) is 18.0 Å². The summed E-state index contributed by atoms with van der Waals surface area (Å²) in [6.07, 6.45) is 2.62. The highest BCUT2D eigenvalue weighted by Gasteiger charge is 2.21. The maximum Gasteiger partial charge on any atom is 0.260 e. The Morgan fingerprint density at radius 1 is 1.12 bits per heavy atom. The van der Waals surface area contributed by atoms with E-state index in [1.165, 1.54) is 0 Å². The first-order chi connectivity index (χ1) is 16.1. The molecule has 3 rings (SSSR count). The molecule has 3 aromatic rings. The van der Waals surface area contributed by atoms with E-state index in [1.54, 1.807) is 30.5 Å². The van der Waals surface area contributed by atoms with Crippen LogP contribution in [0, 0.1) is 20.8 Å². The van der Waals surface area contributed by atoms with Gasteiger partial charge in [-0.25, -0.2) is 13.8 Å². The molecule has 180 valence electrons. The first-order valence-corrected chi connectivity index (χ1v) is 12.7. The molecule has 0 bridgehead atoms. The van der Waals surface area contributed by atoms with Gasteiger partial charge in [0, 0.05) is 22.6 Å². The molecule has 2 aromatic carbocycles. The van der Waals surface area contributed by atoms with Gasteiger partial charge in [-0.3, -0.25) is 9.10 Å². The van der Waals surface area contributed by atoms with Crippen molar-refractivity contribution in [1.82, 2.24) is 9.99 Å². The number of hydrazone groups is 1. The lowest BCUT2D eigenvalue weighted by molar-refractivity contribution is -0.119. The summed E-state index contributed by atoms with van der Waals surface area (Å²) >= 11 is 0. The highest BCUT2D eigenvalue weighted by molar-refractivity contribution is 7.92. The third-order valence-electron chi connectivity index (χ3n) is 5.34. The molecule has 0 atom stereocenters. The largest absolute Gasteiger partial charge is 0.494 e. The predicted molar refractivity (Wildman–Crippen MR) is 136 cm³/mol. The molecular weight excluding hydrogens is 452 g/mol. The molecule has 0 aliphatic heterocycles. The minimum absolute atomic E-state index is 0.367. The first kappa shape index (κ1) is 25.0. The van der Waals surface area contributed by atoms with Crippen LogP contribution in [0.25, 0.3) is 5.69 Å². The van der Waals surface area contributed by atoms with E-state index < -0.39 is 22.5 Å². The molecule has 0 saturated carbocycles. The van der Waals surface area contributed by atoms with Crippen LogP contribution in [-0.4, -0.2) is 44.5 Å². The molecule has 8 nitrogen and oxygen atoms in total. The van der Waals surface area contributed by atoms with Crippen molar-refractivity contribution in [3.05, 3.63) is 77.1 Å². The Labute approximate surface area is 200 Å². The van der Waals surface area contributed by atoms with Gasteiger partial charge < -0.3 is 9.30 Å². The molecule has 0 spiro atoms. The second kappa shape index (κ2) is 10.6. The zero-order valence-electron chi connectivity index (χ0n) is 20.1. The second-order valence-electron chi connectivity index (χ2n) is 7.94. The van der Waals surface area contributed by atoms with Gasteiger partial charge in [-0.05, 0) is 69.7 Å². The summed E-state index contributed by atoms with van der Waals surface area (Å²) in [6, 6.07) is 16.6. The van der Waals surface area contributed by atoms with Crippen molar-refractivity contribution in [3.8, 4) is 11.4 Å². The topological polar surface area (TPSA) is 93.0 Å². The van der Waals surface area contributed by atoms with E-state index in [0.717, 1.165) is 38.8 Å². The van der Waals surface area contributed by atoms with Gasteiger partial charge in [0.15, 0.2) is 0 Å². The number of benzene rings is 2. The van der Waals surface area contributed by atoms with Crippen LogP contribution in [0.3, 0.4) is 0 Å². The molecule has 0 aliphatic carbocycles. The highest BCUT2D eigenvalue weighted by Crippen LogP contribution is 2.23. The van der Waals surface area contributed by atoms with Crippen LogP contribution in [0.2, 0.25) is 0 Å². The number of ether oxygens (including phenoxy) is 1. The van der Waals surface area contributed by atoms with E-state index >= 15 is 0 Å². The number of para-hydroxylation sites is 1. The van der Waals surface area contributed by atoms with Gasteiger partial charge in [0.25, 0.3) is 5.91 Å². The molecule has 1 N–H and O–H groups in total. The lowest BCUT2D eigenvalue weighted by Crippen LogP contribution is -2.39. The number of amides is 1. The normalized spacial score (nSPS) is 11.6. The Bertz CT molecular complexity index is 1290. The van der Waals surface area contributed by atoms with Gasteiger partial charge in [0.1, 0.15) is 12.3 Å². The van der Waals surface area contributed by atoms with Crippen LogP contribution >= 0.6 is 0 Å². The predicted octanol–water partition coefficient (Wildman–Crippen LogP) is 3.72. The van der Waals surface area contributed by atoms with E-state index in [-0.39, 0.29) is 0 Å². The van der Waals surface area contributed by atoms with Crippen LogP contribution in [0.15, 0.2) is 59.7 Å². The van der Waals surface area contributed by atoms with Gasteiger partial charge in [0.2, 0.25) is 10.0 Å². The SMILES string of the molecule is CCOc1ccc(N(CC(=O)N/N=C\c2cc(C)n(-c3ccccc3C)c2C)S(C)(=O)=O)cc1. The number of aromatic nitrogens is 1. The monoisotopic (exact) mass is 482 g/mol. The maximum atomic E-state index is 12.5. The zero-order valence-corrected chi connectivity index (χ0v) is 20.9. The van der Waals surface area contributed by atoms with Gasteiger partial charge in [0.05, 0.1) is 24.8 Å². The number of hydrogen-bond acceptors (Lipinski definition) is 5. The summed E-state index contributed by atoms with van der Waals surface area (Å²) < 4.78 is 33.1. The number of carbonyl (C=O) groups excluding carboxylic acids is 1. The molecule has 0 radical (unpaired) electrons. The van der Waals surface area contributed by atoms with Crippen LogP contribution < -0.4 is 14.5 Å². The number of carbonyl (C=O) groups is 1. The van der Waals surface area contributed by atoms with Crippen LogP contribution in [0.1, 0.15) is 29.4 Å². The van der Waals surface area contributed by atoms with Gasteiger partial charge in [-0.1, -0.05) is 18.2 Å². The van der Waals surface area contributed by atoms with Gasteiger partial charge >= 0.3 is 0 Å². The Kier molecular flexibility index (Phi) is 7.78. The summed E-state index contributed by atoms with van der Waals surface area (Å²) in [5, 5.41) is 4.06. The Morgan fingerprint density at radius 3 is 2.41 bits per heavy atom. The molecule has 9 heteroatoms. The molecule has 0 saturated heterocycles. The van der Waals surface area contributed by atoms with Crippen LogP contribution in [0.5, 0.6) is 5.75 Å². The van der Waals surface area contributed by atoms with Crippen LogP contribution in [-0.2, 0) is 14.8 Å². The molecule has 0 fully saturated rings.